The molecule has 68 valence electrons. The average Bonchev–Trinajstić information content (AvgIpc) is 1.99. The highest BCUT2D eigenvalue weighted by molar-refractivity contribution is 4.52. The Morgan fingerprint density at radius 3 is 2.82 bits per heavy atom. The van der Waals surface area contributed by atoms with Gasteiger partial charge in [0, 0.05) is 26.8 Å². The highest BCUT2D eigenvalue weighted by Crippen LogP contribution is 1.78. The summed E-state index contributed by atoms with van der Waals surface area (Å²) in [4.78, 5) is 0. The van der Waals surface area contributed by atoms with Crippen molar-refractivity contribution >= 4 is 0 Å². The lowest BCUT2D eigenvalue weighted by Crippen LogP contribution is -2.37. The van der Waals surface area contributed by atoms with Gasteiger partial charge in [0.2, 0.25) is 0 Å². The first-order valence-corrected chi connectivity index (χ1v) is 3.88. The smallest absolute Gasteiger partial charge is 0.118 e. The molecule has 0 aliphatic rings. The number of hydrogen-bond acceptors (Lipinski definition) is 4. The maximum Gasteiger partial charge on any atom is 0.118 e. The Kier molecular flexibility index (Phi) is 7.83. The van der Waals surface area contributed by atoms with Crippen molar-refractivity contribution in [2.75, 3.05) is 33.4 Å². The van der Waals surface area contributed by atoms with Crippen LogP contribution in [0.1, 0.15) is 6.92 Å². The number of rotatable bonds is 7. The molecular formula is C7H18N2O2. The molecule has 0 saturated carbocycles. The number of nitrogens with one attached hydrogen (secondary N) is 1. The molecule has 4 nitrogen and oxygen atoms in total. The summed E-state index contributed by atoms with van der Waals surface area (Å²) < 4.78 is 9.94. The Hall–Kier alpha value is -0.160. The molecule has 1 atom stereocenters. The van der Waals surface area contributed by atoms with Gasteiger partial charge in [-0.1, -0.05) is 0 Å². The summed E-state index contributed by atoms with van der Waals surface area (Å²) in [5.41, 5.74) is 5.54. The van der Waals surface area contributed by atoms with Gasteiger partial charge in [-0.2, -0.15) is 0 Å². The molecule has 0 saturated heterocycles. The molecule has 0 rings (SSSR count). The van der Waals surface area contributed by atoms with Crippen molar-refractivity contribution < 1.29 is 9.47 Å². The highest BCUT2D eigenvalue weighted by Gasteiger charge is 1.98. The molecular weight excluding hydrogens is 144 g/mol. The van der Waals surface area contributed by atoms with Crippen LogP contribution in [0.5, 0.6) is 0 Å². The lowest BCUT2D eigenvalue weighted by Gasteiger charge is -2.11. The summed E-state index contributed by atoms with van der Waals surface area (Å²) in [6.45, 7) is 4.79. The van der Waals surface area contributed by atoms with Crippen molar-refractivity contribution in [1.82, 2.24) is 5.32 Å². The molecule has 3 N–H and O–H groups in total. The second kappa shape index (κ2) is 7.94. The van der Waals surface area contributed by atoms with E-state index in [-0.39, 0.29) is 6.23 Å². The molecule has 0 spiro atoms. The lowest BCUT2D eigenvalue weighted by atomic mass is 10.5. The van der Waals surface area contributed by atoms with E-state index in [1.807, 2.05) is 6.92 Å². The normalized spacial score (nSPS) is 13.4. The Morgan fingerprint density at radius 2 is 2.27 bits per heavy atom. The molecule has 4 heteroatoms. The highest BCUT2D eigenvalue weighted by atomic mass is 16.5. The summed E-state index contributed by atoms with van der Waals surface area (Å²) in [6, 6.07) is 0. The molecule has 11 heavy (non-hydrogen) atoms. The van der Waals surface area contributed by atoms with Crippen LogP contribution in [0.3, 0.4) is 0 Å². The lowest BCUT2D eigenvalue weighted by molar-refractivity contribution is 0.0661. The van der Waals surface area contributed by atoms with Crippen molar-refractivity contribution in [3.05, 3.63) is 0 Å². The van der Waals surface area contributed by atoms with Crippen molar-refractivity contribution in [2.24, 2.45) is 5.73 Å². The molecule has 0 bridgehead atoms. The topological polar surface area (TPSA) is 56.5 Å². The third-order valence-electron chi connectivity index (χ3n) is 1.21. The molecule has 0 radical (unpaired) electrons. The molecule has 0 aromatic heterocycles. The van der Waals surface area contributed by atoms with E-state index in [1.54, 1.807) is 7.11 Å². The van der Waals surface area contributed by atoms with Crippen LogP contribution in [-0.2, 0) is 9.47 Å². The summed E-state index contributed by atoms with van der Waals surface area (Å²) in [6.07, 6.45) is -0.197. The SMILES string of the molecule is CCOC(N)CNCCOC. The van der Waals surface area contributed by atoms with Crippen LogP contribution in [0.25, 0.3) is 0 Å². The van der Waals surface area contributed by atoms with Gasteiger partial charge in [0.1, 0.15) is 6.23 Å². The van der Waals surface area contributed by atoms with Gasteiger partial charge in [-0.25, -0.2) is 0 Å². The minimum absolute atomic E-state index is 0.197. The van der Waals surface area contributed by atoms with E-state index in [9.17, 15) is 0 Å². The van der Waals surface area contributed by atoms with Gasteiger partial charge in [0.05, 0.1) is 6.61 Å². The molecule has 1 unspecified atom stereocenters. The summed E-state index contributed by atoms with van der Waals surface area (Å²) in [5, 5.41) is 3.10. The van der Waals surface area contributed by atoms with E-state index in [2.05, 4.69) is 5.32 Å². The fourth-order valence-electron chi connectivity index (χ4n) is 0.692. The van der Waals surface area contributed by atoms with Gasteiger partial charge in [-0.3, -0.25) is 0 Å². The average molecular weight is 162 g/mol. The zero-order chi connectivity index (χ0) is 8.53. The second-order valence-electron chi connectivity index (χ2n) is 2.19. The van der Waals surface area contributed by atoms with Gasteiger partial charge in [0.25, 0.3) is 0 Å². The predicted octanol–water partition coefficient (Wildman–Crippen LogP) is -0.456. The van der Waals surface area contributed by atoms with Crippen molar-refractivity contribution in [1.29, 1.82) is 0 Å². The molecule has 0 fully saturated rings. The standard InChI is InChI=1S/C7H18N2O2/c1-3-11-7(8)6-9-4-5-10-2/h7,9H,3-6,8H2,1-2H3. The number of methoxy groups -OCH3 is 1. The second-order valence-corrected chi connectivity index (χ2v) is 2.19. The third kappa shape index (κ3) is 7.74. The van der Waals surface area contributed by atoms with Gasteiger partial charge in [0.15, 0.2) is 0 Å². The zero-order valence-electron chi connectivity index (χ0n) is 7.30. The van der Waals surface area contributed by atoms with Crippen LogP contribution in [0.15, 0.2) is 0 Å². The molecule has 0 heterocycles. The zero-order valence-corrected chi connectivity index (χ0v) is 7.30. The number of hydrogen-bond donors (Lipinski definition) is 2. The predicted molar refractivity (Wildman–Crippen MR) is 44.3 cm³/mol. The molecule has 0 aromatic rings. The first kappa shape index (κ1) is 10.8. The summed E-state index contributed by atoms with van der Waals surface area (Å²) in [7, 11) is 1.67. The number of nitrogens with two attached hydrogens (primary N) is 1. The van der Waals surface area contributed by atoms with E-state index >= 15 is 0 Å². The van der Waals surface area contributed by atoms with Crippen LogP contribution in [0.2, 0.25) is 0 Å². The van der Waals surface area contributed by atoms with Crippen LogP contribution >= 0.6 is 0 Å². The van der Waals surface area contributed by atoms with E-state index in [0.717, 1.165) is 6.54 Å². The first-order valence-electron chi connectivity index (χ1n) is 3.88. The van der Waals surface area contributed by atoms with E-state index in [0.29, 0.717) is 19.8 Å². The number of ether oxygens (including phenoxy) is 2. The Bertz CT molecular complexity index is 80.8. The third-order valence-corrected chi connectivity index (χ3v) is 1.21. The molecule has 0 amide bonds. The van der Waals surface area contributed by atoms with E-state index in [4.69, 9.17) is 15.2 Å². The molecule has 0 aliphatic carbocycles. The fraction of sp³-hybridized carbons (Fsp3) is 1.00. The van der Waals surface area contributed by atoms with Crippen LogP contribution in [0.4, 0.5) is 0 Å². The van der Waals surface area contributed by atoms with Crippen molar-refractivity contribution in [2.45, 2.75) is 13.2 Å². The maximum atomic E-state index is 5.54. The van der Waals surface area contributed by atoms with Gasteiger partial charge >= 0.3 is 0 Å². The molecule has 0 aromatic carbocycles. The summed E-state index contributed by atoms with van der Waals surface area (Å²) in [5.74, 6) is 0. The van der Waals surface area contributed by atoms with Crippen molar-refractivity contribution in [3.8, 4) is 0 Å². The monoisotopic (exact) mass is 162 g/mol. The Labute approximate surface area is 68.0 Å². The fourth-order valence-corrected chi connectivity index (χ4v) is 0.692. The van der Waals surface area contributed by atoms with Crippen LogP contribution in [0, 0.1) is 0 Å². The minimum atomic E-state index is -0.197. The van der Waals surface area contributed by atoms with Gasteiger partial charge < -0.3 is 20.5 Å². The first-order chi connectivity index (χ1) is 5.31. The van der Waals surface area contributed by atoms with E-state index < -0.39 is 0 Å². The van der Waals surface area contributed by atoms with Gasteiger partial charge in [-0.15, -0.1) is 0 Å². The summed E-state index contributed by atoms with van der Waals surface area (Å²) >= 11 is 0. The quantitative estimate of drug-likeness (QED) is 0.393. The maximum absolute atomic E-state index is 5.54. The Balaban J connectivity index is 2.97. The van der Waals surface area contributed by atoms with E-state index in [1.165, 1.54) is 0 Å². The minimum Gasteiger partial charge on any atom is -0.383 e. The van der Waals surface area contributed by atoms with Crippen LogP contribution < -0.4 is 11.1 Å². The largest absolute Gasteiger partial charge is 0.383 e. The van der Waals surface area contributed by atoms with Crippen molar-refractivity contribution in [3.63, 3.8) is 0 Å². The molecule has 0 aliphatic heterocycles. The van der Waals surface area contributed by atoms with Crippen LogP contribution in [-0.4, -0.2) is 39.6 Å². The Morgan fingerprint density at radius 1 is 1.55 bits per heavy atom. The van der Waals surface area contributed by atoms with Gasteiger partial charge in [-0.05, 0) is 6.92 Å².